The van der Waals surface area contributed by atoms with Gasteiger partial charge in [-0.15, -0.1) is 0 Å². The summed E-state index contributed by atoms with van der Waals surface area (Å²) in [4.78, 5) is 2.39. The first-order chi connectivity index (χ1) is 11.8. The monoisotopic (exact) mass is 363 g/mol. The van der Waals surface area contributed by atoms with Crippen LogP contribution in [-0.4, -0.2) is 29.7 Å². The fourth-order valence-electron chi connectivity index (χ4n) is 4.23. The molecule has 0 bridgehead atoms. The minimum atomic E-state index is -4.01. The third kappa shape index (κ3) is 8.32. The van der Waals surface area contributed by atoms with E-state index < -0.39 is 12.1 Å². The zero-order valence-corrected chi connectivity index (χ0v) is 16.8. The molecule has 25 heavy (non-hydrogen) atoms. The van der Waals surface area contributed by atoms with Crippen molar-refractivity contribution >= 4 is 0 Å². The molecule has 0 aromatic heterocycles. The molecule has 150 valence electrons. The summed E-state index contributed by atoms with van der Waals surface area (Å²) < 4.78 is 38.9. The molecule has 1 aliphatic rings. The van der Waals surface area contributed by atoms with Crippen LogP contribution in [-0.2, 0) is 0 Å². The molecule has 1 fully saturated rings. The van der Waals surface area contributed by atoms with Gasteiger partial charge in [0.2, 0.25) is 0 Å². The van der Waals surface area contributed by atoms with Gasteiger partial charge in [0.05, 0.1) is 5.92 Å². The number of hydrogen-bond donors (Lipinski definition) is 0. The van der Waals surface area contributed by atoms with Gasteiger partial charge < -0.3 is 0 Å². The molecular formula is C21H40F3N. The predicted octanol–water partition coefficient (Wildman–Crippen LogP) is 7.35. The lowest BCUT2D eigenvalue weighted by molar-refractivity contribution is -0.188. The van der Waals surface area contributed by atoms with E-state index in [1.54, 1.807) is 0 Å². The zero-order chi connectivity index (χ0) is 18.8. The maximum atomic E-state index is 13.0. The number of halogens is 3. The molecule has 1 heterocycles. The Morgan fingerprint density at radius 3 is 1.64 bits per heavy atom. The Balaban J connectivity index is 2.54. The molecule has 0 saturated carbocycles. The first-order valence-corrected chi connectivity index (χ1v) is 10.6. The molecule has 1 rings (SSSR count). The van der Waals surface area contributed by atoms with Crippen molar-refractivity contribution in [1.29, 1.82) is 0 Å². The second-order valence-corrected chi connectivity index (χ2v) is 8.27. The number of rotatable bonds is 12. The first kappa shape index (κ1) is 22.8. The highest BCUT2D eigenvalue weighted by molar-refractivity contribution is 4.90. The van der Waals surface area contributed by atoms with Gasteiger partial charge in [0, 0.05) is 5.54 Å². The Kier molecular flexibility index (Phi) is 10.4. The average molecular weight is 364 g/mol. The van der Waals surface area contributed by atoms with Crippen molar-refractivity contribution in [1.82, 2.24) is 4.90 Å². The van der Waals surface area contributed by atoms with E-state index in [0.29, 0.717) is 13.1 Å². The van der Waals surface area contributed by atoms with Crippen LogP contribution in [0, 0.1) is 5.92 Å². The van der Waals surface area contributed by atoms with Gasteiger partial charge >= 0.3 is 6.18 Å². The van der Waals surface area contributed by atoms with Gasteiger partial charge in [0.25, 0.3) is 0 Å². The van der Waals surface area contributed by atoms with Gasteiger partial charge in [-0.05, 0) is 45.7 Å². The summed E-state index contributed by atoms with van der Waals surface area (Å²) in [6, 6.07) is 0. The van der Waals surface area contributed by atoms with Crippen LogP contribution in [0.5, 0.6) is 0 Å². The summed E-state index contributed by atoms with van der Waals surface area (Å²) in [5, 5.41) is 0. The van der Waals surface area contributed by atoms with Crippen molar-refractivity contribution in [2.75, 3.05) is 13.1 Å². The Bertz CT molecular complexity index is 335. The topological polar surface area (TPSA) is 3.24 Å². The van der Waals surface area contributed by atoms with Crippen LogP contribution < -0.4 is 0 Å². The van der Waals surface area contributed by atoms with Gasteiger partial charge in [-0.1, -0.05) is 71.6 Å². The van der Waals surface area contributed by atoms with Crippen LogP contribution >= 0.6 is 0 Å². The summed E-state index contributed by atoms with van der Waals surface area (Å²) >= 11 is 0. The predicted molar refractivity (Wildman–Crippen MR) is 101 cm³/mol. The summed E-state index contributed by atoms with van der Waals surface area (Å²) in [5.41, 5.74) is 0.0938. The molecule has 1 nitrogen and oxygen atoms in total. The van der Waals surface area contributed by atoms with Gasteiger partial charge in [0.1, 0.15) is 0 Å². The number of piperidine rings is 1. The van der Waals surface area contributed by atoms with Gasteiger partial charge in [-0.25, -0.2) is 0 Å². The molecule has 1 unspecified atom stereocenters. The second kappa shape index (κ2) is 11.5. The lowest BCUT2D eigenvalue weighted by atomic mass is 9.83. The number of nitrogens with zero attached hydrogens (tertiary/aromatic N) is 1. The smallest absolute Gasteiger partial charge is 0.298 e. The highest BCUT2D eigenvalue weighted by Gasteiger charge is 2.43. The molecule has 1 atom stereocenters. The SMILES string of the molecule is CCCCCCCC(C)(CCCCCC)N1CCC(C(F)(F)F)CC1. The normalized spacial score (nSPS) is 19.9. The molecule has 0 amide bonds. The molecule has 0 N–H and O–H groups in total. The molecule has 0 aromatic rings. The van der Waals surface area contributed by atoms with Crippen molar-refractivity contribution in [3.05, 3.63) is 0 Å². The molecule has 0 aromatic carbocycles. The first-order valence-electron chi connectivity index (χ1n) is 10.6. The highest BCUT2D eigenvalue weighted by Crippen LogP contribution is 2.38. The zero-order valence-electron chi connectivity index (χ0n) is 16.8. The quantitative estimate of drug-likeness (QED) is 0.328. The van der Waals surface area contributed by atoms with Crippen molar-refractivity contribution in [2.24, 2.45) is 5.92 Å². The fourth-order valence-corrected chi connectivity index (χ4v) is 4.23. The number of likely N-dealkylation sites (tertiary alicyclic amines) is 1. The number of unbranched alkanes of at least 4 members (excludes halogenated alkanes) is 7. The fraction of sp³-hybridized carbons (Fsp3) is 1.00. The maximum Gasteiger partial charge on any atom is 0.391 e. The van der Waals surface area contributed by atoms with Crippen molar-refractivity contribution in [3.8, 4) is 0 Å². The minimum absolute atomic E-state index is 0.0938. The number of alkyl halides is 3. The Morgan fingerprint density at radius 2 is 1.20 bits per heavy atom. The largest absolute Gasteiger partial charge is 0.391 e. The third-order valence-corrected chi connectivity index (χ3v) is 6.11. The van der Waals surface area contributed by atoms with Gasteiger partial charge in [0.15, 0.2) is 0 Å². The Hall–Kier alpha value is -0.250. The molecule has 4 heteroatoms. The molecule has 0 radical (unpaired) electrons. The van der Waals surface area contributed by atoms with Crippen LogP contribution in [0.15, 0.2) is 0 Å². The molecule has 0 aliphatic carbocycles. The van der Waals surface area contributed by atoms with Crippen LogP contribution in [0.4, 0.5) is 13.2 Å². The van der Waals surface area contributed by atoms with E-state index in [9.17, 15) is 13.2 Å². The van der Waals surface area contributed by atoms with E-state index in [4.69, 9.17) is 0 Å². The standard InChI is InChI=1S/C21H40F3N/c1-4-6-8-10-12-16-20(3,15-11-9-7-5-2)25-17-13-19(14-18-25)21(22,23)24/h19H,4-18H2,1-3H3. The van der Waals surface area contributed by atoms with E-state index in [-0.39, 0.29) is 18.4 Å². The minimum Gasteiger partial charge on any atom is -0.298 e. The second-order valence-electron chi connectivity index (χ2n) is 8.27. The van der Waals surface area contributed by atoms with Crippen LogP contribution in [0.3, 0.4) is 0 Å². The van der Waals surface area contributed by atoms with E-state index in [2.05, 4.69) is 25.7 Å². The van der Waals surface area contributed by atoms with Crippen molar-refractivity contribution < 1.29 is 13.2 Å². The van der Waals surface area contributed by atoms with Crippen LogP contribution in [0.2, 0.25) is 0 Å². The van der Waals surface area contributed by atoms with Gasteiger partial charge in [-0.3, -0.25) is 4.90 Å². The van der Waals surface area contributed by atoms with Crippen LogP contribution in [0.1, 0.15) is 104 Å². The summed E-state index contributed by atoms with van der Waals surface area (Å²) in [6.07, 6.45) is 10.1. The molecular weight excluding hydrogens is 323 g/mol. The van der Waals surface area contributed by atoms with E-state index in [0.717, 1.165) is 12.8 Å². The molecule has 1 saturated heterocycles. The third-order valence-electron chi connectivity index (χ3n) is 6.11. The molecule has 0 spiro atoms. The van der Waals surface area contributed by atoms with E-state index in [1.165, 1.54) is 57.8 Å². The maximum absolute atomic E-state index is 13.0. The summed E-state index contributed by atoms with van der Waals surface area (Å²) in [5.74, 6) is -1.09. The molecule has 1 aliphatic heterocycles. The van der Waals surface area contributed by atoms with Crippen molar-refractivity contribution in [2.45, 2.75) is 116 Å². The van der Waals surface area contributed by atoms with Gasteiger partial charge in [-0.2, -0.15) is 13.2 Å². The van der Waals surface area contributed by atoms with E-state index in [1.807, 2.05) is 0 Å². The highest BCUT2D eigenvalue weighted by atomic mass is 19.4. The Labute approximate surface area is 153 Å². The average Bonchev–Trinajstić information content (AvgIpc) is 2.58. The number of hydrogen-bond acceptors (Lipinski definition) is 1. The van der Waals surface area contributed by atoms with E-state index >= 15 is 0 Å². The lowest BCUT2D eigenvalue weighted by Gasteiger charge is -2.46. The Morgan fingerprint density at radius 1 is 0.760 bits per heavy atom. The lowest BCUT2D eigenvalue weighted by Crippen LogP contribution is -2.51. The van der Waals surface area contributed by atoms with Crippen LogP contribution in [0.25, 0.3) is 0 Å². The van der Waals surface area contributed by atoms with Crippen molar-refractivity contribution in [3.63, 3.8) is 0 Å². The summed E-state index contributed by atoms with van der Waals surface area (Å²) in [6.45, 7) is 7.98. The summed E-state index contributed by atoms with van der Waals surface area (Å²) in [7, 11) is 0.